The zero-order valence-corrected chi connectivity index (χ0v) is 47.7. The Balaban J connectivity index is 0.00000897. The van der Waals surface area contributed by atoms with Gasteiger partial charge in [0, 0.05) is 44.3 Å². The van der Waals surface area contributed by atoms with Crippen LogP contribution in [-0.2, 0) is 26.5 Å². The number of hydrogen-bond acceptors (Lipinski definition) is 2. The van der Waals surface area contributed by atoms with Gasteiger partial charge >= 0.3 is 0 Å². The molecule has 0 fully saturated rings. The van der Waals surface area contributed by atoms with Crippen LogP contribution in [0.5, 0.6) is 11.5 Å². The molecule has 83 heavy (non-hydrogen) atoms. The van der Waals surface area contributed by atoms with Crippen molar-refractivity contribution in [3.05, 3.63) is 297 Å². The molecule has 14 aromatic rings. The van der Waals surface area contributed by atoms with Gasteiger partial charge < -0.3 is 13.9 Å². The fourth-order valence-electron chi connectivity index (χ4n) is 11.5. The Morgan fingerprint density at radius 2 is 1.07 bits per heavy atom. The fourth-order valence-corrected chi connectivity index (χ4v) is 15.3. The molecule has 0 saturated carbocycles. The van der Waals surface area contributed by atoms with Crippen LogP contribution in [0.15, 0.2) is 273 Å². The number of para-hydroxylation sites is 3. The molecule has 11 aromatic carbocycles. The molecule has 1 aliphatic heterocycles. The molecule has 4 heterocycles. The minimum absolute atomic E-state index is 0. The molecule has 0 bridgehead atoms. The van der Waals surface area contributed by atoms with Crippen LogP contribution >= 0.6 is 0 Å². The summed E-state index contributed by atoms with van der Waals surface area (Å²) in [5, 5.41) is -0.361. The van der Waals surface area contributed by atoms with Crippen molar-refractivity contribution in [2.45, 2.75) is 26.2 Å². The van der Waals surface area contributed by atoms with Crippen molar-refractivity contribution in [3.8, 4) is 73.2 Å². The van der Waals surface area contributed by atoms with Crippen LogP contribution in [0.3, 0.4) is 0 Å². The van der Waals surface area contributed by atoms with Gasteiger partial charge in [0.2, 0.25) is 0 Å². The van der Waals surface area contributed by atoms with Gasteiger partial charge in [-0.3, -0.25) is 4.57 Å². The van der Waals surface area contributed by atoms with Gasteiger partial charge in [0.15, 0.2) is 8.07 Å². The smallest absolute Gasteiger partial charge is 0.268 e. The predicted octanol–water partition coefficient (Wildman–Crippen LogP) is 15.2. The summed E-state index contributed by atoms with van der Waals surface area (Å²) in [4.78, 5) is 4.84. The van der Waals surface area contributed by atoms with Crippen LogP contribution in [0.1, 0.15) is 53.7 Å². The van der Waals surface area contributed by atoms with Crippen LogP contribution in [0.25, 0.3) is 94.5 Å². The third-order valence-corrected chi connectivity index (χ3v) is 19.4. The average Bonchev–Trinajstić information content (AvgIpc) is 1.67. The summed E-state index contributed by atoms with van der Waals surface area (Å²) in [5.41, 5.74) is 6.41. The molecular weight excluding hydrogens is 1210 g/mol. The van der Waals surface area contributed by atoms with Crippen molar-refractivity contribution in [2.24, 2.45) is 0 Å². The molecule has 0 atom stereocenters. The number of hydrogen-bond donors (Lipinski definition) is 0. The van der Waals surface area contributed by atoms with E-state index in [-0.39, 0.29) is 65.4 Å². The third-order valence-electron chi connectivity index (χ3n) is 15.2. The van der Waals surface area contributed by atoms with Gasteiger partial charge in [-0.15, -0.1) is 29.7 Å². The minimum atomic E-state index is -5.76. The van der Waals surface area contributed by atoms with Crippen LogP contribution in [-0.4, -0.2) is 22.2 Å². The number of fused-ring (bicyclic) bond motifs is 10. The molecule has 15 rings (SSSR count). The molecule has 0 unspecified atom stereocenters. The van der Waals surface area contributed by atoms with Crippen molar-refractivity contribution in [2.75, 3.05) is 0 Å². The van der Waals surface area contributed by atoms with Gasteiger partial charge in [0.25, 0.3) is 6.33 Å². The second kappa shape index (κ2) is 20.8. The van der Waals surface area contributed by atoms with E-state index in [4.69, 9.17) is 17.9 Å². The SMILES string of the molecule is [2H]c1c([2H])c([2H])c(-c2cccc3c2-[n+]2[c-]n(-c4[c-]c(Oc5[c-]c6c(cc5)c5ccccc5n6-c5cc(C(C)(C)C)ccn5)ccc4)c4cccc(c42)-c2ccccc2-c2ccc([Si](c4c([2H])c([2H])c([2H])c([2H])c4[2H])(c4c([2H])c([2H])c([2H])c([2H])c4[2H])c4c([2H])c([2H])c([2H])c([2H])c4[2H])cc2-3)c([2H])c1[2H].[Pt]. The van der Waals surface area contributed by atoms with Crippen molar-refractivity contribution >= 4 is 61.7 Å². The Hall–Kier alpha value is -9.45. The van der Waals surface area contributed by atoms with E-state index in [1.54, 1.807) is 63.9 Å². The molecule has 1 aliphatic rings. The topological polar surface area (TPSA) is 35.9 Å². The van der Waals surface area contributed by atoms with Crippen LogP contribution < -0.4 is 30.1 Å². The van der Waals surface area contributed by atoms with Crippen molar-refractivity contribution in [1.82, 2.24) is 14.1 Å². The molecule has 3 aromatic heterocycles. The molecule has 7 heteroatoms. The van der Waals surface area contributed by atoms with Crippen LogP contribution in [0.2, 0.25) is 0 Å². The second-order valence-corrected chi connectivity index (χ2v) is 24.4. The van der Waals surface area contributed by atoms with Gasteiger partial charge in [-0.1, -0.05) is 244 Å². The van der Waals surface area contributed by atoms with Crippen molar-refractivity contribution in [3.63, 3.8) is 0 Å². The second-order valence-electron chi connectivity index (χ2n) is 20.8. The fraction of sp³-hybridized carbons (Fsp3) is 0.0526. The van der Waals surface area contributed by atoms with E-state index < -0.39 is 144 Å². The largest absolute Gasteiger partial charge is 0.510 e. The van der Waals surface area contributed by atoms with Gasteiger partial charge in [0.05, 0.1) is 44.1 Å². The number of imidazole rings is 1. The van der Waals surface area contributed by atoms with E-state index in [0.717, 1.165) is 27.4 Å². The summed E-state index contributed by atoms with van der Waals surface area (Å²) in [6, 6.07) is 33.6. The number of rotatable bonds is 9. The molecule has 0 spiro atoms. The number of aromatic nitrogens is 4. The van der Waals surface area contributed by atoms with E-state index in [1.807, 2.05) is 72.8 Å². The van der Waals surface area contributed by atoms with E-state index in [9.17, 15) is 19.2 Å². The summed E-state index contributed by atoms with van der Waals surface area (Å²) in [7, 11) is -5.76. The van der Waals surface area contributed by atoms with E-state index >= 15 is 0 Å². The summed E-state index contributed by atoms with van der Waals surface area (Å²) in [6.07, 6.45) is 5.40. The molecule has 0 N–H and O–H groups in total. The quantitative estimate of drug-likeness (QED) is 0.0625. The molecule has 0 saturated heterocycles. The molecule has 0 amide bonds. The molecule has 0 radical (unpaired) electrons. The standard InChI is InChI=1S/C76H54N4OSi.Pt/c1-76(2,3)53-45-46-77-73(47-53)80-70-39-19-18-35-65(70)66-43-41-56(49-72(66)80)81-55-26-20-25-54(48-55)78-51-79-74-61(52-23-8-4-9-24-52)36-21-37-68(74)69-50-60(42-44-64(69)62-33-16-17-34-63(62)67-38-22-40-71(78)75(67)79)82(57-27-10-5-11-28-57,58-29-12-6-13-30-58)59-31-14-7-15-32-59;/h4-47,50H,1-3H3;/q-2;/i4D,5D,6D,7D,8D,9D,10D,11D,12D,13D,14D,15D,23D,24D,27D,28D,29D,30D,31D,32D;. The van der Waals surface area contributed by atoms with E-state index in [1.165, 1.54) is 12.1 Å². The Labute approximate surface area is 527 Å². The Morgan fingerprint density at radius 1 is 0.494 bits per heavy atom. The predicted molar refractivity (Wildman–Crippen MR) is 338 cm³/mol. The van der Waals surface area contributed by atoms with Gasteiger partial charge in [-0.05, 0) is 106 Å². The summed E-state index contributed by atoms with van der Waals surface area (Å²) in [6.45, 7) is 6.43. The first kappa shape index (κ1) is 34.1. The summed E-state index contributed by atoms with van der Waals surface area (Å²) < 4.78 is 199. The maximum atomic E-state index is 9.87. The zero-order valence-electron chi connectivity index (χ0n) is 64.4. The third kappa shape index (κ3) is 8.63. The molecule has 400 valence electrons. The Kier molecular flexibility index (Phi) is 8.55. The first-order valence-electron chi connectivity index (χ1n) is 36.4. The monoisotopic (exact) mass is 1280 g/mol. The van der Waals surface area contributed by atoms with Crippen molar-refractivity contribution < 1.29 is 57.8 Å². The summed E-state index contributed by atoms with van der Waals surface area (Å²) >= 11 is 0. The maximum Gasteiger partial charge on any atom is 0.268 e. The van der Waals surface area contributed by atoms with Gasteiger partial charge in [0.1, 0.15) is 5.82 Å². The van der Waals surface area contributed by atoms with Gasteiger partial charge in [-0.25, -0.2) is 4.98 Å². The number of nitrogens with zero attached hydrogens (tertiary/aromatic N) is 4. The van der Waals surface area contributed by atoms with Crippen molar-refractivity contribution in [1.29, 1.82) is 0 Å². The zero-order chi connectivity index (χ0) is 72.3. The average molecular weight is 1280 g/mol. The minimum Gasteiger partial charge on any atom is -0.510 e. The van der Waals surface area contributed by atoms with Crippen LogP contribution in [0.4, 0.5) is 0 Å². The molecule has 0 aliphatic carbocycles. The van der Waals surface area contributed by atoms with Gasteiger partial charge in [-0.2, -0.15) is 18.2 Å². The summed E-state index contributed by atoms with van der Waals surface area (Å²) in [5.74, 6) is 1.33. The number of pyridine rings is 1. The van der Waals surface area contributed by atoms with E-state index in [2.05, 4.69) is 55.9 Å². The van der Waals surface area contributed by atoms with E-state index in [0.29, 0.717) is 50.5 Å². The first-order chi connectivity index (χ1) is 48.6. The van der Waals surface area contributed by atoms with Crippen LogP contribution in [0, 0.1) is 18.5 Å². The first-order valence-corrected chi connectivity index (χ1v) is 28.4. The number of ether oxygens (including phenoxy) is 1. The number of benzene rings is 11. The molecular formula is C76H54N4OPtSi-2. The maximum absolute atomic E-state index is 9.87. The normalized spacial score (nSPS) is 15.3. The molecule has 5 nitrogen and oxygen atoms in total. The Morgan fingerprint density at radius 3 is 1.78 bits per heavy atom. The Bertz CT molecular complexity index is 5750.